The fourth-order valence-electron chi connectivity index (χ4n) is 8.86. The van der Waals surface area contributed by atoms with Gasteiger partial charge in [-0.05, 0) is 122 Å². The lowest BCUT2D eigenvalue weighted by Gasteiger charge is -2.16. The van der Waals surface area contributed by atoms with Crippen molar-refractivity contribution < 1.29 is 9.47 Å². The summed E-state index contributed by atoms with van der Waals surface area (Å²) in [6, 6.07) is 21.4. The van der Waals surface area contributed by atoms with E-state index in [2.05, 4.69) is 126 Å². The number of rotatable bonds is 4. The number of para-hydroxylation sites is 2. The third kappa shape index (κ3) is 5.62. The van der Waals surface area contributed by atoms with Crippen molar-refractivity contribution in [3.63, 3.8) is 0 Å². The Morgan fingerprint density at radius 3 is 1.38 bits per heavy atom. The maximum Gasteiger partial charge on any atom is 0.127 e. The third-order valence-electron chi connectivity index (χ3n) is 11.6. The SMILES string of the molecule is CCC1=C(C)c2nc1cc1[nH]c(c(C)c1CC)c1c3nc(cc4[nH]c(c(C)c4CC)c2-c2ccccc2OCCCOc2ccccc2-1)C(CC)=C3C. The van der Waals surface area contributed by atoms with Crippen LogP contribution in [0.4, 0.5) is 0 Å². The van der Waals surface area contributed by atoms with E-state index in [1.807, 2.05) is 0 Å². The van der Waals surface area contributed by atoms with Crippen molar-refractivity contribution in [1.29, 1.82) is 0 Å². The van der Waals surface area contributed by atoms with Gasteiger partial charge in [0.15, 0.2) is 0 Å². The number of benzene rings is 2. The van der Waals surface area contributed by atoms with Crippen LogP contribution < -0.4 is 9.47 Å². The fraction of sp³-hybridized carbons (Fsp3) is 0.319. The first-order valence-corrected chi connectivity index (χ1v) is 19.4. The molecule has 3 aromatic heterocycles. The highest BCUT2D eigenvalue weighted by Crippen LogP contribution is 2.46. The van der Waals surface area contributed by atoms with Crippen LogP contribution in [0, 0.1) is 13.8 Å². The van der Waals surface area contributed by atoms with Gasteiger partial charge in [-0.3, -0.25) is 0 Å². The van der Waals surface area contributed by atoms with Crippen LogP contribution in [0.1, 0.15) is 106 Å². The van der Waals surface area contributed by atoms with Crippen LogP contribution in [0.5, 0.6) is 11.5 Å². The molecule has 5 aromatic rings. The van der Waals surface area contributed by atoms with Crippen molar-refractivity contribution in [1.82, 2.24) is 19.9 Å². The Kier molecular flexibility index (Phi) is 9.10. The summed E-state index contributed by atoms with van der Waals surface area (Å²) in [4.78, 5) is 19.1. The van der Waals surface area contributed by atoms with Crippen molar-refractivity contribution in [2.75, 3.05) is 13.2 Å². The molecule has 0 spiro atoms. The van der Waals surface area contributed by atoms with Gasteiger partial charge in [-0.1, -0.05) is 64.1 Å². The lowest BCUT2D eigenvalue weighted by molar-refractivity contribution is 0.248. The Morgan fingerprint density at radius 2 is 0.981 bits per heavy atom. The molecule has 10 bridgehead atoms. The van der Waals surface area contributed by atoms with Gasteiger partial charge >= 0.3 is 0 Å². The Labute approximate surface area is 313 Å². The summed E-state index contributed by atoms with van der Waals surface area (Å²) in [6.45, 7) is 19.0. The minimum atomic E-state index is 0.518. The van der Waals surface area contributed by atoms with E-state index >= 15 is 0 Å². The molecule has 9 rings (SSSR count). The molecular weight excluding hydrogens is 653 g/mol. The number of H-pyrrole nitrogens is 2. The van der Waals surface area contributed by atoms with Gasteiger partial charge in [-0.2, -0.15) is 0 Å². The van der Waals surface area contributed by atoms with E-state index in [0.29, 0.717) is 13.2 Å². The van der Waals surface area contributed by atoms with Gasteiger partial charge in [0.25, 0.3) is 0 Å². The highest BCUT2D eigenvalue weighted by molar-refractivity contribution is 6.04. The number of hydrogen-bond acceptors (Lipinski definition) is 4. The summed E-state index contributed by atoms with van der Waals surface area (Å²) in [6.07, 6.45) is 4.23. The van der Waals surface area contributed by atoms with Crippen LogP contribution in [-0.4, -0.2) is 33.1 Å². The van der Waals surface area contributed by atoms with Crippen LogP contribution in [0.25, 0.3) is 66.6 Å². The average molecular weight is 703 g/mol. The molecule has 53 heavy (non-hydrogen) atoms. The molecule has 0 aliphatic carbocycles. The zero-order valence-electron chi connectivity index (χ0n) is 32.4. The van der Waals surface area contributed by atoms with Crippen molar-refractivity contribution in [2.24, 2.45) is 0 Å². The molecule has 6 nitrogen and oxygen atoms in total. The molecule has 2 N–H and O–H groups in total. The van der Waals surface area contributed by atoms with E-state index in [-0.39, 0.29) is 0 Å². The van der Waals surface area contributed by atoms with Gasteiger partial charge in [-0.15, -0.1) is 0 Å². The van der Waals surface area contributed by atoms with Gasteiger partial charge in [0.2, 0.25) is 0 Å². The molecule has 0 saturated heterocycles. The molecule has 7 heterocycles. The molecule has 270 valence electrons. The van der Waals surface area contributed by atoms with Crippen molar-refractivity contribution >= 4 is 44.4 Å². The first-order chi connectivity index (χ1) is 25.8. The lowest BCUT2D eigenvalue weighted by Crippen LogP contribution is -2.06. The summed E-state index contributed by atoms with van der Waals surface area (Å²) >= 11 is 0. The Morgan fingerprint density at radius 1 is 0.566 bits per heavy atom. The second kappa shape index (κ2) is 13.9. The van der Waals surface area contributed by atoms with Gasteiger partial charge in [-0.25, -0.2) is 9.97 Å². The summed E-state index contributed by atoms with van der Waals surface area (Å²) in [5.41, 5.74) is 22.4. The Bertz CT molecular complexity index is 2350. The quantitative estimate of drug-likeness (QED) is 0.195. The monoisotopic (exact) mass is 702 g/mol. The van der Waals surface area contributed by atoms with Gasteiger partial charge in [0.05, 0.1) is 47.0 Å². The topological polar surface area (TPSA) is 75.8 Å². The average Bonchev–Trinajstić information content (AvgIpc) is 3.85. The molecule has 2 aromatic carbocycles. The van der Waals surface area contributed by atoms with Crippen molar-refractivity contribution in [2.45, 2.75) is 87.5 Å². The Balaban J connectivity index is 1.69. The molecule has 0 atom stereocenters. The largest absolute Gasteiger partial charge is 0.493 e. The maximum atomic E-state index is 6.66. The van der Waals surface area contributed by atoms with Crippen LogP contribution >= 0.6 is 0 Å². The predicted molar refractivity (Wildman–Crippen MR) is 221 cm³/mol. The number of ether oxygens (including phenoxy) is 2. The first kappa shape index (κ1) is 34.7. The van der Waals surface area contributed by atoms with Crippen LogP contribution in [0.15, 0.2) is 60.7 Å². The molecule has 0 saturated carbocycles. The molecule has 0 amide bonds. The van der Waals surface area contributed by atoms with E-state index in [9.17, 15) is 0 Å². The molecule has 6 heteroatoms. The first-order valence-electron chi connectivity index (χ1n) is 19.4. The maximum absolute atomic E-state index is 6.66. The number of nitrogens with one attached hydrogen (secondary N) is 2. The number of aryl methyl sites for hydroxylation is 4. The smallest absolute Gasteiger partial charge is 0.127 e. The standard InChI is InChI=1S/C47H50N4O2/c1-9-30-26(5)44-42-34-18-13-15-20-40(34)52-22-17-23-53-41-21-16-14-19-35(41)43(46-27(6)31(10-2)37(49-46)24-36(30)48-44)47-29(8)33(12-4)39(51-47)25-38-32(11-3)28(7)45(42)50-38/h13-16,18-21,24-25,48,51H,9-12,17,22-23H2,1-8H3. The van der Waals surface area contributed by atoms with E-state index in [4.69, 9.17) is 19.4 Å². The highest BCUT2D eigenvalue weighted by Gasteiger charge is 2.27. The third-order valence-corrected chi connectivity index (χ3v) is 11.6. The van der Waals surface area contributed by atoms with Gasteiger partial charge in [0.1, 0.15) is 11.5 Å². The van der Waals surface area contributed by atoms with E-state index in [0.717, 1.165) is 111 Å². The Hall–Kier alpha value is -5.36. The number of allylic oxidation sites excluding steroid dienone is 4. The highest BCUT2D eigenvalue weighted by atomic mass is 16.5. The van der Waals surface area contributed by atoms with E-state index in [1.54, 1.807) is 0 Å². The van der Waals surface area contributed by atoms with Crippen molar-refractivity contribution in [3.05, 3.63) is 106 Å². The molecule has 0 fully saturated rings. The molecule has 4 aliphatic heterocycles. The van der Waals surface area contributed by atoms with Crippen LogP contribution in [0.2, 0.25) is 0 Å². The fourth-order valence-corrected chi connectivity index (χ4v) is 8.86. The van der Waals surface area contributed by atoms with E-state index in [1.165, 1.54) is 44.5 Å². The second-order valence-electron chi connectivity index (χ2n) is 14.4. The normalized spacial score (nSPS) is 14.3. The number of aromatic nitrogens is 4. The lowest BCUT2D eigenvalue weighted by atomic mass is 9.94. The number of nitrogens with zero attached hydrogens (tertiary/aromatic N) is 2. The number of fused-ring (bicyclic) bond motifs is 4. The van der Waals surface area contributed by atoms with E-state index < -0.39 is 0 Å². The second-order valence-corrected chi connectivity index (χ2v) is 14.4. The number of hydrogen-bond donors (Lipinski definition) is 2. The number of aromatic amines is 2. The summed E-state index contributed by atoms with van der Waals surface area (Å²) in [5.74, 6) is 1.68. The summed E-state index contributed by atoms with van der Waals surface area (Å²) < 4.78 is 13.3. The van der Waals surface area contributed by atoms with Crippen molar-refractivity contribution in [3.8, 4) is 33.8 Å². The predicted octanol–water partition coefficient (Wildman–Crippen LogP) is 12.2. The summed E-state index contributed by atoms with van der Waals surface area (Å²) in [7, 11) is 0. The zero-order valence-corrected chi connectivity index (χ0v) is 32.4. The summed E-state index contributed by atoms with van der Waals surface area (Å²) in [5, 5.41) is 0. The van der Waals surface area contributed by atoms with Gasteiger partial charge in [0, 0.05) is 39.7 Å². The zero-order chi connectivity index (χ0) is 37.0. The van der Waals surface area contributed by atoms with Crippen LogP contribution in [0.3, 0.4) is 0 Å². The van der Waals surface area contributed by atoms with Gasteiger partial charge < -0.3 is 19.4 Å². The molecule has 4 aliphatic rings. The van der Waals surface area contributed by atoms with Crippen LogP contribution in [-0.2, 0) is 12.8 Å². The molecular formula is C47H50N4O2. The molecule has 0 unspecified atom stereocenters. The minimum absolute atomic E-state index is 0.518. The minimum Gasteiger partial charge on any atom is -0.493 e. The molecule has 0 radical (unpaired) electrons.